The van der Waals surface area contributed by atoms with Gasteiger partial charge in [-0.05, 0) is 38.5 Å². The molecule has 0 aromatic heterocycles. The number of rotatable bonds is 19. The average molecular weight is 353 g/mol. The van der Waals surface area contributed by atoms with Gasteiger partial charge in [-0.25, -0.2) is 0 Å². The van der Waals surface area contributed by atoms with Crippen LogP contribution < -0.4 is 0 Å². The molecular weight excluding hydrogens is 308 g/mol. The first-order valence-electron chi connectivity index (χ1n) is 11.1. The molecule has 0 heterocycles. The van der Waals surface area contributed by atoms with E-state index in [1.807, 2.05) is 0 Å². The molecule has 0 aliphatic carbocycles. The van der Waals surface area contributed by atoms with Gasteiger partial charge >= 0.3 is 5.97 Å². The van der Waals surface area contributed by atoms with Crippen molar-refractivity contribution in [3.05, 3.63) is 12.2 Å². The van der Waals surface area contributed by atoms with E-state index >= 15 is 0 Å². The standard InChI is InChI=1S/C23H44O2/c1-3-5-7-8-9-10-11-12-13-14-15-16-17-18-19-21-23(24)25-22-20-6-4-2/h11-12H,3-10,13-22H2,1-2H3/b12-11+. The average Bonchev–Trinajstić information content (AvgIpc) is 2.62. The lowest BCUT2D eigenvalue weighted by atomic mass is 10.1. The maximum atomic E-state index is 11.5. The Balaban J connectivity index is 3.16. The maximum Gasteiger partial charge on any atom is 0.305 e. The van der Waals surface area contributed by atoms with Crippen molar-refractivity contribution in [2.24, 2.45) is 0 Å². The number of hydrogen-bond donors (Lipinski definition) is 0. The fraction of sp³-hybridized carbons (Fsp3) is 0.870. The number of ether oxygens (including phenoxy) is 1. The zero-order valence-corrected chi connectivity index (χ0v) is 17.2. The second kappa shape index (κ2) is 21.3. The molecule has 0 radical (unpaired) electrons. The zero-order chi connectivity index (χ0) is 18.4. The van der Waals surface area contributed by atoms with Gasteiger partial charge in [-0.1, -0.05) is 90.2 Å². The number of esters is 1. The van der Waals surface area contributed by atoms with Crippen molar-refractivity contribution in [1.82, 2.24) is 0 Å². The summed E-state index contributed by atoms with van der Waals surface area (Å²) >= 11 is 0. The summed E-state index contributed by atoms with van der Waals surface area (Å²) in [6.07, 6.45) is 25.4. The molecule has 0 saturated carbocycles. The second-order valence-corrected chi connectivity index (χ2v) is 7.26. The van der Waals surface area contributed by atoms with Crippen LogP contribution in [0.4, 0.5) is 0 Å². The third kappa shape index (κ3) is 21.2. The minimum atomic E-state index is -0.00376. The molecule has 0 rings (SSSR count). The summed E-state index contributed by atoms with van der Waals surface area (Å²) in [4.78, 5) is 11.5. The number of unbranched alkanes of at least 4 members (excludes halogenated alkanes) is 13. The molecule has 0 saturated heterocycles. The summed E-state index contributed by atoms with van der Waals surface area (Å²) < 4.78 is 5.22. The van der Waals surface area contributed by atoms with E-state index in [1.165, 1.54) is 77.0 Å². The summed E-state index contributed by atoms with van der Waals surface area (Å²) in [5.41, 5.74) is 0. The lowest BCUT2D eigenvalue weighted by molar-refractivity contribution is -0.143. The van der Waals surface area contributed by atoms with Crippen molar-refractivity contribution in [3.8, 4) is 0 Å². The molecule has 0 fully saturated rings. The summed E-state index contributed by atoms with van der Waals surface area (Å²) in [6.45, 7) is 5.04. The molecule has 0 N–H and O–H groups in total. The van der Waals surface area contributed by atoms with Crippen LogP contribution in [-0.2, 0) is 9.53 Å². The van der Waals surface area contributed by atoms with Crippen LogP contribution in [0, 0.1) is 0 Å². The molecule has 25 heavy (non-hydrogen) atoms. The van der Waals surface area contributed by atoms with Crippen LogP contribution in [0.15, 0.2) is 12.2 Å². The minimum Gasteiger partial charge on any atom is -0.466 e. The van der Waals surface area contributed by atoms with E-state index < -0.39 is 0 Å². The predicted molar refractivity (Wildman–Crippen MR) is 110 cm³/mol. The summed E-state index contributed by atoms with van der Waals surface area (Å²) in [5, 5.41) is 0. The van der Waals surface area contributed by atoms with Crippen LogP contribution >= 0.6 is 0 Å². The fourth-order valence-corrected chi connectivity index (χ4v) is 2.95. The largest absolute Gasteiger partial charge is 0.466 e. The number of carbonyl (C=O) groups is 1. The van der Waals surface area contributed by atoms with E-state index in [2.05, 4.69) is 26.0 Å². The molecule has 2 heteroatoms. The van der Waals surface area contributed by atoms with Crippen LogP contribution in [0.1, 0.15) is 123 Å². The van der Waals surface area contributed by atoms with Crippen molar-refractivity contribution in [2.45, 2.75) is 123 Å². The van der Waals surface area contributed by atoms with E-state index in [4.69, 9.17) is 4.74 Å². The SMILES string of the molecule is CCCCCCC/C=C/CCCCCCCCC(=O)OCCCCC. The first-order valence-corrected chi connectivity index (χ1v) is 11.1. The molecule has 148 valence electrons. The van der Waals surface area contributed by atoms with E-state index in [0.29, 0.717) is 13.0 Å². The van der Waals surface area contributed by atoms with Crippen molar-refractivity contribution >= 4 is 5.97 Å². The van der Waals surface area contributed by atoms with Crippen LogP contribution in [-0.4, -0.2) is 12.6 Å². The van der Waals surface area contributed by atoms with Crippen molar-refractivity contribution in [3.63, 3.8) is 0 Å². The Kier molecular flexibility index (Phi) is 20.6. The molecular formula is C23H44O2. The topological polar surface area (TPSA) is 26.3 Å². The van der Waals surface area contributed by atoms with Crippen LogP contribution in [0.3, 0.4) is 0 Å². The molecule has 0 amide bonds. The Morgan fingerprint density at radius 2 is 1.12 bits per heavy atom. The van der Waals surface area contributed by atoms with Gasteiger partial charge in [-0.3, -0.25) is 4.79 Å². The van der Waals surface area contributed by atoms with Gasteiger partial charge in [0.05, 0.1) is 6.61 Å². The highest BCUT2D eigenvalue weighted by atomic mass is 16.5. The monoisotopic (exact) mass is 352 g/mol. The van der Waals surface area contributed by atoms with E-state index in [-0.39, 0.29) is 5.97 Å². The first-order chi connectivity index (χ1) is 12.3. The fourth-order valence-electron chi connectivity index (χ4n) is 2.95. The molecule has 0 spiro atoms. The lowest BCUT2D eigenvalue weighted by Crippen LogP contribution is -2.05. The Labute approximate surface area is 157 Å². The van der Waals surface area contributed by atoms with Gasteiger partial charge in [-0.2, -0.15) is 0 Å². The van der Waals surface area contributed by atoms with Gasteiger partial charge in [0.2, 0.25) is 0 Å². The second-order valence-electron chi connectivity index (χ2n) is 7.26. The van der Waals surface area contributed by atoms with Crippen LogP contribution in [0.2, 0.25) is 0 Å². The highest BCUT2D eigenvalue weighted by Crippen LogP contribution is 2.10. The molecule has 2 nitrogen and oxygen atoms in total. The van der Waals surface area contributed by atoms with Crippen LogP contribution in [0.5, 0.6) is 0 Å². The maximum absolute atomic E-state index is 11.5. The first kappa shape index (κ1) is 24.2. The van der Waals surface area contributed by atoms with Gasteiger partial charge in [-0.15, -0.1) is 0 Å². The van der Waals surface area contributed by atoms with E-state index in [1.54, 1.807) is 0 Å². The van der Waals surface area contributed by atoms with Gasteiger partial charge < -0.3 is 4.74 Å². The minimum absolute atomic E-state index is 0.00376. The highest BCUT2D eigenvalue weighted by molar-refractivity contribution is 5.69. The van der Waals surface area contributed by atoms with E-state index in [9.17, 15) is 4.79 Å². The van der Waals surface area contributed by atoms with Gasteiger partial charge in [0, 0.05) is 6.42 Å². The molecule has 0 aliphatic rings. The Morgan fingerprint density at radius 3 is 1.72 bits per heavy atom. The Hall–Kier alpha value is -0.790. The summed E-state index contributed by atoms with van der Waals surface area (Å²) in [5.74, 6) is -0.00376. The Bertz CT molecular complexity index is 296. The van der Waals surface area contributed by atoms with Crippen LogP contribution in [0.25, 0.3) is 0 Å². The summed E-state index contributed by atoms with van der Waals surface area (Å²) in [7, 11) is 0. The van der Waals surface area contributed by atoms with Gasteiger partial charge in [0.25, 0.3) is 0 Å². The third-order valence-corrected chi connectivity index (χ3v) is 4.65. The molecule has 0 aliphatic heterocycles. The molecule has 0 unspecified atom stereocenters. The zero-order valence-electron chi connectivity index (χ0n) is 17.2. The molecule has 0 aromatic carbocycles. The molecule has 0 aromatic rings. The number of carbonyl (C=O) groups excluding carboxylic acids is 1. The Morgan fingerprint density at radius 1 is 0.640 bits per heavy atom. The van der Waals surface area contributed by atoms with Crippen molar-refractivity contribution in [2.75, 3.05) is 6.61 Å². The quantitative estimate of drug-likeness (QED) is 0.135. The predicted octanol–water partition coefficient (Wildman–Crippen LogP) is 7.76. The number of allylic oxidation sites excluding steroid dienone is 2. The highest BCUT2D eigenvalue weighted by Gasteiger charge is 2.01. The van der Waals surface area contributed by atoms with Gasteiger partial charge in [0.15, 0.2) is 0 Å². The number of hydrogen-bond acceptors (Lipinski definition) is 2. The smallest absolute Gasteiger partial charge is 0.305 e. The summed E-state index contributed by atoms with van der Waals surface area (Å²) in [6, 6.07) is 0. The molecule has 0 atom stereocenters. The third-order valence-electron chi connectivity index (χ3n) is 4.65. The molecule has 0 bridgehead atoms. The van der Waals surface area contributed by atoms with Crippen molar-refractivity contribution < 1.29 is 9.53 Å². The van der Waals surface area contributed by atoms with Gasteiger partial charge in [0.1, 0.15) is 0 Å². The van der Waals surface area contributed by atoms with Crippen molar-refractivity contribution in [1.29, 1.82) is 0 Å². The normalized spacial score (nSPS) is 11.3. The lowest BCUT2D eigenvalue weighted by Gasteiger charge is -2.04. The van der Waals surface area contributed by atoms with E-state index in [0.717, 1.165) is 25.7 Å².